The maximum Gasteiger partial charge on any atom is 0.164 e. The Labute approximate surface area is 364 Å². The first-order valence-electron chi connectivity index (χ1n) is 21.2. The molecule has 294 valence electrons. The van der Waals surface area contributed by atoms with Crippen molar-refractivity contribution in [2.24, 2.45) is 0 Å². The summed E-state index contributed by atoms with van der Waals surface area (Å²) in [5.41, 5.74) is 13.7. The van der Waals surface area contributed by atoms with Crippen molar-refractivity contribution in [1.29, 1.82) is 0 Å². The van der Waals surface area contributed by atoms with E-state index in [4.69, 9.17) is 19.9 Å². The first kappa shape index (κ1) is 36.3. The highest BCUT2D eigenvalue weighted by Crippen LogP contribution is 2.40. The van der Waals surface area contributed by atoms with Gasteiger partial charge >= 0.3 is 0 Å². The zero-order valence-corrected chi connectivity index (χ0v) is 34.1. The number of aromatic nitrogens is 5. The molecular formula is C58H37N5. The van der Waals surface area contributed by atoms with E-state index >= 15 is 0 Å². The molecule has 0 spiro atoms. The maximum atomic E-state index is 5.17. The molecule has 0 atom stereocenters. The third kappa shape index (κ3) is 6.42. The zero-order chi connectivity index (χ0) is 41.7. The minimum absolute atomic E-state index is 0.617. The molecule has 0 fully saturated rings. The Balaban J connectivity index is 0.936. The van der Waals surface area contributed by atoms with Crippen LogP contribution in [0.5, 0.6) is 0 Å². The van der Waals surface area contributed by atoms with Gasteiger partial charge in [0, 0.05) is 54.9 Å². The highest BCUT2D eigenvalue weighted by molar-refractivity contribution is 6.17. The van der Waals surface area contributed by atoms with Gasteiger partial charge in [0.1, 0.15) is 0 Å². The lowest BCUT2D eigenvalue weighted by Gasteiger charge is -2.15. The van der Waals surface area contributed by atoms with Gasteiger partial charge in [0.25, 0.3) is 0 Å². The molecule has 9 aromatic carbocycles. The van der Waals surface area contributed by atoms with Crippen LogP contribution in [0.1, 0.15) is 0 Å². The highest BCUT2D eigenvalue weighted by atomic mass is 15.0. The zero-order valence-electron chi connectivity index (χ0n) is 34.1. The van der Waals surface area contributed by atoms with Crippen molar-refractivity contribution in [2.45, 2.75) is 0 Å². The summed E-state index contributed by atoms with van der Waals surface area (Å²) in [5, 5.41) is 5.92. The van der Waals surface area contributed by atoms with Crippen LogP contribution in [0.2, 0.25) is 0 Å². The average Bonchev–Trinajstić information content (AvgIpc) is 3.71. The number of pyridine rings is 1. The summed E-state index contributed by atoms with van der Waals surface area (Å²) < 4.78 is 2.32. The molecule has 0 amide bonds. The van der Waals surface area contributed by atoms with Gasteiger partial charge < -0.3 is 4.57 Å². The van der Waals surface area contributed by atoms with Gasteiger partial charge in [-0.05, 0) is 58.7 Å². The van der Waals surface area contributed by atoms with E-state index in [0.717, 1.165) is 77.6 Å². The van der Waals surface area contributed by atoms with Gasteiger partial charge in [0.15, 0.2) is 17.5 Å². The molecule has 0 aliphatic carbocycles. The lowest BCUT2D eigenvalue weighted by molar-refractivity contribution is 1.07. The van der Waals surface area contributed by atoms with Crippen LogP contribution in [-0.2, 0) is 0 Å². The Morgan fingerprint density at radius 2 is 0.778 bits per heavy atom. The highest BCUT2D eigenvalue weighted by Gasteiger charge is 2.18. The van der Waals surface area contributed by atoms with Gasteiger partial charge in [-0.25, -0.2) is 19.9 Å². The van der Waals surface area contributed by atoms with Crippen LogP contribution in [0, 0.1) is 0 Å². The summed E-state index contributed by atoms with van der Waals surface area (Å²) in [7, 11) is 0. The molecular weight excluding hydrogens is 767 g/mol. The van der Waals surface area contributed by atoms with E-state index in [1.54, 1.807) is 0 Å². The molecule has 0 N–H and O–H groups in total. The standard InChI is InChI=1S/C58H37N5/c1-3-16-39(17-4-1)55-50-28-15-27-46(54(50)49-26-7-10-29-51(49)59-55)43-21-13-20-42(36-43)38-32-34-41(35-33-38)57-60-56(40-18-5-2-6-19-40)61-58(62-57)44-22-14-23-45(37-44)63-52-30-11-8-24-47(52)48-25-9-12-31-53(48)63/h1-37H. The second kappa shape index (κ2) is 15.2. The third-order valence-electron chi connectivity index (χ3n) is 12.0. The number of nitrogens with zero attached hydrogens (tertiary/aromatic N) is 5. The van der Waals surface area contributed by atoms with Crippen LogP contribution in [0.4, 0.5) is 0 Å². The Bertz CT molecular complexity index is 3620. The van der Waals surface area contributed by atoms with E-state index in [0.29, 0.717) is 17.5 Å². The molecule has 3 aromatic heterocycles. The summed E-state index contributed by atoms with van der Waals surface area (Å²) in [6.07, 6.45) is 0. The first-order valence-corrected chi connectivity index (χ1v) is 21.2. The van der Waals surface area contributed by atoms with Crippen molar-refractivity contribution in [3.05, 3.63) is 224 Å². The molecule has 5 nitrogen and oxygen atoms in total. The summed E-state index contributed by atoms with van der Waals surface area (Å²) in [5.74, 6) is 1.86. The first-order chi connectivity index (χ1) is 31.2. The average molecular weight is 804 g/mol. The van der Waals surface area contributed by atoms with Crippen LogP contribution >= 0.6 is 0 Å². The maximum absolute atomic E-state index is 5.17. The monoisotopic (exact) mass is 803 g/mol. The van der Waals surface area contributed by atoms with E-state index in [2.05, 4.69) is 193 Å². The lowest BCUT2D eigenvalue weighted by atomic mass is 9.91. The van der Waals surface area contributed by atoms with Crippen LogP contribution < -0.4 is 0 Å². The fraction of sp³-hybridized carbons (Fsp3) is 0. The van der Waals surface area contributed by atoms with E-state index in [1.807, 2.05) is 36.4 Å². The number of hydrogen-bond donors (Lipinski definition) is 0. The Morgan fingerprint density at radius 1 is 0.286 bits per heavy atom. The van der Waals surface area contributed by atoms with E-state index in [1.165, 1.54) is 21.7 Å². The molecule has 0 radical (unpaired) electrons. The lowest BCUT2D eigenvalue weighted by Crippen LogP contribution is -2.01. The Morgan fingerprint density at radius 3 is 1.49 bits per heavy atom. The number of benzene rings is 9. The predicted octanol–water partition coefficient (Wildman–Crippen LogP) is 14.7. The van der Waals surface area contributed by atoms with Crippen molar-refractivity contribution in [3.63, 3.8) is 0 Å². The number of fused-ring (bicyclic) bond motifs is 6. The summed E-state index contributed by atoms with van der Waals surface area (Å²) >= 11 is 0. The molecule has 12 aromatic rings. The van der Waals surface area contributed by atoms with Gasteiger partial charge in [0.05, 0.1) is 22.2 Å². The van der Waals surface area contributed by atoms with Crippen molar-refractivity contribution < 1.29 is 0 Å². The minimum Gasteiger partial charge on any atom is -0.309 e. The summed E-state index contributed by atoms with van der Waals surface area (Å²) in [4.78, 5) is 20.5. The molecule has 3 heterocycles. The van der Waals surface area contributed by atoms with Crippen molar-refractivity contribution in [3.8, 4) is 73.4 Å². The Hall–Kier alpha value is -8.54. The topological polar surface area (TPSA) is 56.5 Å². The quantitative estimate of drug-likeness (QED) is 0.151. The summed E-state index contributed by atoms with van der Waals surface area (Å²) in [6.45, 7) is 0. The van der Waals surface area contributed by atoms with Gasteiger partial charge in [-0.2, -0.15) is 0 Å². The molecule has 0 unspecified atom stereocenters. The second-order valence-corrected chi connectivity index (χ2v) is 15.8. The Kier molecular flexibility index (Phi) is 8.75. The molecule has 0 bridgehead atoms. The molecule has 0 aliphatic heterocycles. The molecule has 0 saturated heterocycles. The normalized spacial score (nSPS) is 11.5. The predicted molar refractivity (Wildman–Crippen MR) is 260 cm³/mol. The van der Waals surface area contributed by atoms with E-state index in [9.17, 15) is 0 Å². The molecule has 0 saturated carbocycles. The largest absolute Gasteiger partial charge is 0.309 e. The number of hydrogen-bond acceptors (Lipinski definition) is 4. The van der Waals surface area contributed by atoms with Crippen LogP contribution in [-0.4, -0.2) is 24.5 Å². The number of para-hydroxylation sites is 3. The van der Waals surface area contributed by atoms with Gasteiger partial charge in [-0.15, -0.1) is 0 Å². The van der Waals surface area contributed by atoms with Crippen molar-refractivity contribution >= 4 is 43.5 Å². The van der Waals surface area contributed by atoms with Gasteiger partial charge in [-0.3, -0.25) is 0 Å². The fourth-order valence-electron chi connectivity index (χ4n) is 9.07. The van der Waals surface area contributed by atoms with E-state index in [-0.39, 0.29) is 0 Å². The number of rotatable bonds is 7. The van der Waals surface area contributed by atoms with Gasteiger partial charge in [-0.1, -0.05) is 188 Å². The molecule has 63 heavy (non-hydrogen) atoms. The van der Waals surface area contributed by atoms with Crippen LogP contribution in [0.15, 0.2) is 224 Å². The second-order valence-electron chi connectivity index (χ2n) is 15.8. The summed E-state index contributed by atoms with van der Waals surface area (Å²) in [6, 6.07) is 78.7. The molecule has 0 aliphatic rings. The molecule has 5 heteroatoms. The van der Waals surface area contributed by atoms with Crippen molar-refractivity contribution in [2.75, 3.05) is 0 Å². The van der Waals surface area contributed by atoms with Crippen LogP contribution in [0.25, 0.3) is 117 Å². The molecule has 12 rings (SSSR count). The third-order valence-corrected chi connectivity index (χ3v) is 12.0. The van der Waals surface area contributed by atoms with Crippen LogP contribution in [0.3, 0.4) is 0 Å². The smallest absolute Gasteiger partial charge is 0.164 e. The van der Waals surface area contributed by atoms with E-state index < -0.39 is 0 Å². The van der Waals surface area contributed by atoms with Crippen molar-refractivity contribution in [1.82, 2.24) is 24.5 Å². The van der Waals surface area contributed by atoms with Gasteiger partial charge in [0.2, 0.25) is 0 Å². The SMILES string of the molecule is c1ccc(-c2nc(-c3ccc(-c4cccc(-c5cccc6c(-c7ccccc7)nc7ccccc7c56)c4)cc3)nc(-c3cccc(-n4c5ccccc5c5ccccc54)c3)n2)cc1. The fourth-order valence-corrected chi connectivity index (χ4v) is 9.07. The minimum atomic E-state index is 0.617.